The predicted octanol–water partition coefficient (Wildman–Crippen LogP) is 1.38. The zero-order chi connectivity index (χ0) is 11.5. The molecule has 1 aliphatic heterocycles. The summed E-state index contributed by atoms with van der Waals surface area (Å²) in [6.07, 6.45) is 1.01. The van der Waals surface area contributed by atoms with Crippen molar-refractivity contribution in [3.05, 3.63) is 11.9 Å². The fourth-order valence-corrected chi connectivity index (χ4v) is 1.67. The molecule has 2 rings (SSSR count). The lowest BCUT2D eigenvalue weighted by molar-refractivity contribution is 0.195. The molecule has 0 aromatic carbocycles. The number of rotatable bonds is 3. The Morgan fingerprint density at radius 1 is 1.50 bits per heavy atom. The number of anilines is 2. The Bertz CT molecular complexity index is 361. The monoisotopic (exact) mass is 222 g/mol. The number of nitrogens with zero attached hydrogens (tertiary/aromatic N) is 2. The van der Waals surface area contributed by atoms with Crippen LogP contribution >= 0.6 is 0 Å². The second-order valence-corrected chi connectivity index (χ2v) is 4.40. The van der Waals surface area contributed by atoms with Gasteiger partial charge in [0.2, 0.25) is 0 Å². The first-order valence-electron chi connectivity index (χ1n) is 5.64. The van der Waals surface area contributed by atoms with E-state index in [9.17, 15) is 0 Å². The molecule has 3 N–H and O–H groups in total. The van der Waals surface area contributed by atoms with Gasteiger partial charge in [0.25, 0.3) is 0 Å². The van der Waals surface area contributed by atoms with E-state index in [2.05, 4.69) is 29.1 Å². The van der Waals surface area contributed by atoms with E-state index in [1.165, 1.54) is 0 Å². The molecule has 1 aromatic heterocycles. The summed E-state index contributed by atoms with van der Waals surface area (Å²) in [5.41, 5.74) is 5.75. The van der Waals surface area contributed by atoms with Crippen molar-refractivity contribution >= 4 is 11.6 Å². The van der Waals surface area contributed by atoms with E-state index in [-0.39, 0.29) is 5.92 Å². The zero-order valence-corrected chi connectivity index (χ0v) is 9.73. The number of aromatic nitrogens is 2. The molecule has 0 amide bonds. The summed E-state index contributed by atoms with van der Waals surface area (Å²) in [5.74, 6) is 2.37. The minimum atomic E-state index is 0.281. The quantitative estimate of drug-likeness (QED) is 0.808. The third kappa shape index (κ3) is 2.61. The van der Waals surface area contributed by atoms with E-state index in [0.29, 0.717) is 11.9 Å². The number of nitrogens with one attached hydrogen (secondary N) is 1. The highest BCUT2D eigenvalue weighted by atomic mass is 16.5. The summed E-state index contributed by atoms with van der Waals surface area (Å²) in [7, 11) is 0. The van der Waals surface area contributed by atoms with E-state index in [4.69, 9.17) is 10.5 Å². The fourth-order valence-electron chi connectivity index (χ4n) is 1.67. The van der Waals surface area contributed by atoms with Gasteiger partial charge in [-0.2, -0.15) is 0 Å². The molecule has 1 unspecified atom stereocenters. The molecule has 1 saturated heterocycles. The van der Waals surface area contributed by atoms with E-state index in [1.807, 2.05) is 0 Å². The van der Waals surface area contributed by atoms with Gasteiger partial charge in [-0.05, 0) is 6.42 Å². The summed E-state index contributed by atoms with van der Waals surface area (Å²) in [5, 5.41) is 3.32. The second-order valence-electron chi connectivity index (χ2n) is 4.40. The first-order valence-corrected chi connectivity index (χ1v) is 5.64. The number of nitrogens with two attached hydrogens (primary N) is 1. The first-order chi connectivity index (χ1) is 7.65. The lowest BCUT2D eigenvalue weighted by Crippen LogP contribution is -2.20. The van der Waals surface area contributed by atoms with Crippen LogP contribution in [0, 0.1) is 0 Å². The van der Waals surface area contributed by atoms with Crippen LogP contribution in [0.15, 0.2) is 6.07 Å². The number of hydrogen-bond acceptors (Lipinski definition) is 5. The highest BCUT2D eigenvalue weighted by Crippen LogP contribution is 2.17. The van der Waals surface area contributed by atoms with E-state index >= 15 is 0 Å². The molecule has 16 heavy (non-hydrogen) atoms. The van der Waals surface area contributed by atoms with Gasteiger partial charge in [0, 0.05) is 18.6 Å². The average Bonchev–Trinajstić information content (AvgIpc) is 2.69. The molecular weight excluding hydrogens is 204 g/mol. The summed E-state index contributed by atoms with van der Waals surface area (Å²) in [6, 6.07) is 2.11. The van der Waals surface area contributed by atoms with Gasteiger partial charge in [-0.1, -0.05) is 13.8 Å². The Kier molecular flexibility index (Phi) is 3.24. The van der Waals surface area contributed by atoms with Crippen molar-refractivity contribution in [1.29, 1.82) is 0 Å². The van der Waals surface area contributed by atoms with Gasteiger partial charge in [0.1, 0.15) is 17.5 Å². The maximum absolute atomic E-state index is 5.75. The smallest absolute Gasteiger partial charge is 0.135 e. The van der Waals surface area contributed by atoms with Gasteiger partial charge in [-0.25, -0.2) is 9.97 Å². The van der Waals surface area contributed by atoms with Crippen LogP contribution in [0.2, 0.25) is 0 Å². The first kappa shape index (κ1) is 11.1. The summed E-state index contributed by atoms with van der Waals surface area (Å²) < 4.78 is 5.30. The average molecular weight is 222 g/mol. The molecule has 88 valence electrons. The van der Waals surface area contributed by atoms with E-state index < -0.39 is 0 Å². The maximum Gasteiger partial charge on any atom is 0.135 e. The summed E-state index contributed by atoms with van der Waals surface area (Å²) in [6.45, 7) is 5.66. The molecule has 0 aliphatic carbocycles. The molecule has 2 heterocycles. The standard InChI is InChI=1S/C11H18N4O/c1-7(2)11-14-9(12)5-10(15-11)13-8-3-4-16-6-8/h5,7-8H,3-4,6H2,1-2H3,(H3,12,13,14,15). The van der Waals surface area contributed by atoms with Crippen LogP contribution in [0.25, 0.3) is 0 Å². The largest absolute Gasteiger partial charge is 0.384 e. The van der Waals surface area contributed by atoms with Gasteiger partial charge in [-0.3, -0.25) is 0 Å². The Hall–Kier alpha value is -1.36. The van der Waals surface area contributed by atoms with Crippen molar-refractivity contribution in [2.75, 3.05) is 24.3 Å². The normalized spacial score (nSPS) is 20.3. The molecular formula is C11H18N4O. The third-order valence-electron chi connectivity index (χ3n) is 2.56. The van der Waals surface area contributed by atoms with Crippen LogP contribution in [0.5, 0.6) is 0 Å². The van der Waals surface area contributed by atoms with Crippen LogP contribution in [0.3, 0.4) is 0 Å². The van der Waals surface area contributed by atoms with Crippen molar-refractivity contribution in [2.24, 2.45) is 0 Å². The third-order valence-corrected chi connectivity index (χ3v) is 2.56. The highest BCUT2D eigenvalue weighted by Gasteiger charge is 2.16. The number of nitrogen functional groups attached to an aromatic ring is 1. The van der Waals surface area contributed by atoms with Crippen LogP contribution < -0.4 is 11.1 Å². The zero-order valence-electron chi connectivity index (χ0n) is 9.73. The van der Waals surface area contributed by atoms with Crippen LogP contribution in [-0.4, -0.2) is 29.2 Å². The Morgan fingerprint density at radius 3 is 2.94 bits per heavy atom. The summed E-state index contributed by atoms with van der Waals surface area (Å²) >= 11 is 0. The molecule has 1 aromatic rings. The van der Waals surface area contributed by atoms with Gasteiger partial charge < -0.3 is 15.8 Å². The number of hydrogen-bond donors (Lipinski definition) is 2. The molecule has 1 fully saturated rings. The molecule has 0 radical (unpaired) electrons. The second kappa shape index (κ2) is 4.65. The van der Waals surface area contributed by atoms with Gasteiger partial charge in [0.15, 0.2) is 0 Å². The topological polar surface area (TPSA) is 73.1 Å². The van der Waals surface area contributed by atoms with Crippen molar-refractivity contribution < 1.29 is 4.74 Å². The SMILES string of the molecule is CC(C)c1nc(N)cc(NC2CCOC2)n1. The summed E-state index contributed by atoms with van der Waals surface area (Å²) in [4.78, 5) is 8.64. The Labute approximate surface area is 95.4 Å². The molecule has 0 bridgehead atoms. The van der Waals surface area contributed by atoms with Crippen molar-refractivity contribution in [3.63, 3.8) is 0 Å². The van der Waals surface area contributed by atoms with Crippen molar-refractivity contribution in [3.8, 4) is 0 Å². The van der Waals surface area contributed by atoms with Crippen molar-refractivity contribution in [1.82, 2.24) is 9.97 Å². The maximum atomic E-state index is 5.75. The number of ether oxygens (including phenoxy) is 1. The molecule has 5 nitrogen and oxygen atoms in total. The molecule has 1 aliphatic rings. The lowest BCUT2D eigenvalue weighted by Gasteiger charge is -2.13. The van der Waals surface area contributed by atoms with E-state index in [0.717, 1.165) is 31.3 Å². The molecule has 5 heteroatoms. The Morgan fingerprint density at radius 2 is 2.31 bits per heavy atom. The van der Waals surface area contributed by atoms with Crippen LogP contribution in [-0.2, 0) is 4.74 Å². The minimum Gasteiger partial charge on any atom is -0.384 e. The van der Waals surface area contributed by atoms with Crippen LogP contribution in [0.4, 0.5) is 11.6 Å². The lowest BCUT2D eigenvalue weighted by atomic mass is 10.2. The Balaban J connectivity index is 2.13. The predicted molar refractivity (Wildman–Crippen MR) is 63.4 cm³/mol. The van der Waals surface area contributed by atoms with Gasteiger partial charge in [-0.15, -0.1) is 0 Å². The van der Waals surface area contributed by atoms with Gasteiger partial charge >= 0.3 is 0 Å². The highest BCUT2D eigenvalue weighted by molar-refractivity contribution is 5.45. The fraction of sp³-hybridized carbons (Fsp3) is 0.636. The van der Waals surface area contributed by atoms with Crippen LogP contribution in [0.1, 0.15) is 32.0 Å². The molecule has 1 atom stereocenters. The van der Waals surface area contributed by atoms with Crippen molar-refractivity contribution in [2.45, 2.75) is 32.2 Å². The molecule has 0 saturated carbocycles. The van der Waals surface area contributed by atoms with E-state index in [1.54, 1.807) is 6.07 Å². The molecule has 0 spiro atoms. The minimum absolute atomic E-state index is 0.281. The van der Waals surface area contributed by atoms with Gasteiger partial charge in [0.05, 0.1) is 12.6 Å².